The minimum Gasteiger partial charge on any atom is -0.392 e. The van der Waals surface area contributed by atoms with Crippen molar-refractivity contribution in [1.29, 1.82) is 0 Å². The predicted octanol–water partition coefficient (Wildman–Crippen LogP) is 2.06. The lowest BCUT2D eigenvalue weighted by Crippen LogP contribution is -1.90. The molecule has 0 aliphatic carbocycles. The molecule has 13 heavy (non-hydrogen) atoms. The summed E-state index contributed by atoms with van der Waals surface area (Å²) in [5.74, 6) is 5.22. The zero-order valence-electron chi connectivity index (χ0n) is 6.85. The second-order valence-corrected chi connectivity index (χ2v) is 2.96. The molecule has 0 atom stereocenters. The molecule has 1 N–H and O–H groups in total. The summed E-state index contributed by atoms with van der Waals surface area (Å²) in [7, 11) is 0. The van der Waals surface area contributed by atoms with Gasteiger partial charge in [0.2, 0.25) is 0 Å². The molecule has 1 nitrogen and oxygen atoms in total. The van der Waals surface area contributed by atoms with E-state index >= 15 is 0 Å². The molecule has 0 saturated carbocycles. The Morgan fingerprint density at radius 2 is 2.23 bits per heavy atom. The van der Waals surface area contributed by atoms with E-state index in [1.54, 1.807) is 12.1 Å². The van der Waals surface area contributed by atoms with Crippen LogP contribution in [0.3, 0.4) is 0 Å². The summed E-state index contributed by atoms with van der Waals surface area (Å²) in [4.78, 5) is 0. The highest BCUT2D eigenvalue weighted by molar-refractivity contribution is 9.09. The molecule has 0 saturated heterocycles. The van der Waals surface area contributed by atoms with Crippen molar-refractivity contribution in [1.82, 2.24) is 0 Å². The Kier molecular flexibility index (Phi) is 3.94. The highest BCUT2D eigenvalue weighted by Gasteiger charge is 1.99. The number of benzene rings is 1. The lowest BCUT2D eigenvalue weighted by Gasteiger charge is -1.98. The largest absolute Gasteiger partial charge is 0.392 e. The molecule has 0 aliphatic rings. The average molecular weight is 243 g/mol. The van der Waals surface area contributed by atoms with E-state index in [0.717, 1.165) is 0 Å². The van der Waals surface area contributed by atoms with Crippen LogP contribution in [-0.4, -0.2) is 10.4 Å². The van der Waals surface area contributed by atoms with Crippen molar-refractivity contribution in [2.24, 2.45) is 0 Å². The fourth-order valence-corrected chi connectivity index (χ4v) is 1.05. The van der Waals surface area contributed by atoms with Gasteiger partial charge in [-0.25, -0.2) is 4.39 Å². The van der Waals surface area contributed by atoms with Crippen LogP contribution in [0, 0.1) is 17.7 Å². The zero-order chi connectivity index (χ0) is 9.68. The maximum absolute atomic E-state index is 12.9. The van der Waals surface area contributed by atoms with E-state index in [9.17, 15) is 4.39 Å². The van der Waals surface area contributed by atoms with E-state index in [2.05, 4.69) is 27.8 Å². The summed E-state index contributed by atoms with van der Waals surface area (Å²) < 4.78 is 12.9. The lowest BCUT2D eigenvalue weighted by molar-refractivity contribution is 0.275. The van der Waals surface area contributed by atoms with Crippen LogP contribution in [0.2, 0.25) is 0 Å². The Morgan fingerprint density at radius 3 is 2.85 bits per heavy atom. The summed E-state index contributed by atoms with van der Waals surface area (Å²) in [5, 5.41) is 9.35. The fraction of sp³-hybridized carbons (Fsp3) is 0.200. The lowest BCUT2D eigenvalue weighted by atomic mass is 10.1. The van der Waals surface area contributed by atoms with E-state index in [0.29, 0.717) is 10.9 Å². The van der Waals surface area contributed by atoms with Crippen molar-refractivity contribution in [3.63, 3.8) is 0 Å². The molecule has 0 amide bonds. The number of halogens is 2. The first-order valence-corrected chi connectivity index (χ1v) is 4.84. The van der Waals surface area contributed by atoms with Gasteiger partial charge in [0.15, 0.2) is 0 Å². The second kappa shape index (κ2) is 5.00. The standard InChI is InChI=1S/C10H8BrFO/c11-5-1-2-8-3-4-10(12)9(6-8)7-13/h3-4,6,13H,5,7H2. The molecule has 0 radical (unpaired) electrons. The van der Waals surface area contributed by atoms with Gasteiger partial charge < -0.3 is 5.11 Å². The van der Waals surface area contributed by atoms with Crippen molar-refractivity contribution >= 4 is 15.9 Å². The third-order valence-electron chi connectivity index (χ3n) is 1.52. The van der Waals surface area contributed by atoms with E-state index in [1.165, 1.54) is 6.07 Å². The van der Waals surface area contributed by atoms with Crippen molar-refractivity contribution in [3.05, 3.63) is 35.1 Å². The SMILES string of the molecule is OCc1cc(C#CCBr)ccc1F. The van der Waals surface area contributed by atoms with Crippen LogP contribution in [0.1, 0.15) is 11.1 Å². The molecule has 0 fully saturated rings. The second-order valence-electron chi connectivity index (χ2n) is 2.40. The van der Waals surface area contributed by atoms with E-state index in [4.69, 9.17) is 5.11 Å². The minimum atomic E-state index is -0.396. The average Bonchev–Trinajstić information content (AvgIpc) is 2.16. The zero-order valence-corrected chi connectivity index (χ0v) is 8.44. The van der Waals surface area contributed by atoms with Gasteiger partial charge in [0, 0.05) is 11.1 Å². The topological polar surface area (TPSA) is 20.2 Å². The van der Waals surface area contributed by atoms with Gasteiger partial charge >= 0.3 is 0 Å². The number of aliphatic hydroxyl groups is 1. The van der Waals surface area contributed by atoms with Crippen LogP contribution in [-0.2, 0) is 6.61 Å². The van der Waals surface area contributed by atoms with Gasteiger partial charge in [-0.2, -0.15) is 0 Å². The predicted molar refractivity (Wildman–Crippen MR) is 53.0 cm³/mol. The third-order valence-corrected chi connectivity index (χ3v) is 1.80. The van der Waals surface area contributed by atoms with Crippen molar-refractivity contribution in [2.45, 2.75) is 6.61 Å². The van der Waals surface area contributed by atoms with Gasteiger partial charge in [0.25, 0.3) is 0 Å². The Bertz CT molecular complexity index is 352. The van der Waals surface area contributed by atoms with Gasteiger partial charge in [0.05, 0.1) is 11.9 Å². The molecule has 0 spiro atoms. The Morgan fingerprint density at radius 1 is 1.46 bits per heavy atom. The number of hydrogen-bond donors (Lipinski definition) is 1. The number of hydrogen-bond acceptors (Lipinski definition) is 1. The quantitative estimate of drug-likeness (QED) is 0.591. The van der Waals surface area contributed by atoms with Gasteiger partial charge in [-0.05, 0) is 18.2 Å². The highest BCUT2D eigenvalue weighted by Crippen LogP contribution is 2.09. The Balaban J connectivity index is 2.99. The highest BCUT2D eigenvalue weighted by atomic mass is 79.9. The summed E-state index contributed by atoms with van der Waals surface area (Å²) in [6, 6.07) is 4.44. The minimum absolute atomic E-state index is 0.279. The molecule has 3 heteroatoms. The van der Waals surface area contributed by atoms with E-state index in [-0.39, 0.29) is 12.2 Å². The number of aliphatic hydroxyl groups excluding tert-OH is 1. The summed E-state index contributed by atoms with van der Waals surface area (Å²) >= 11 is 3.16. The smallest absolute Gasteiger partial charge is 0.128 e. The molecule has 1 aromatic rings. The van der Waals surface area contributed by atoms with Crippen molar-refractivity contribution in [3.8, 4) is 11.8 Å². The number of alkyl halides is 1. The summed E-state index contributed by atoms with van der Waals surface area (Å²) in [6.07, 6.45) is 0. The summed E-state index contributed by atoms with van der Waals surface area (Å²) in [6.45, 7) is -0.296. The monoisotopic (exact) mass is 242 g/mol. The van der Waals surface area contributed by atoms with Crippen LogP contribution in [0.4, 0.5) is 4.39 Å². The summed E-state index contributed by atoms with van der Waals surface area (Å²) in [5.41, 5.74) is 0.992. The molecule has 1 rings (SSSR count). The normalized spacial score (nSPS) is 9.15. The molecular formula is C10H8BrFO. The molecule has 68 valence electrons. The van der Waals surface area contributed by atoms with Crippen LogP contribution < -0.4 is 0 Å². The van der Waals surface area contributed by atoms with Crippen LogP contribution in [0.5, 0.6) is 0 Å². The maximum Gasteiger partial charge on any atom is 0.128 e. The van der Waals surface area contributed by atoms with Gasteiger partial charge in [-0.3, -0.25) is 0 Å². The van der Waals surface area contributed by atoms with Crippen molar-refractivity contribution < 1.29 is 9.50 Å². The number of rotatable bonds is 1. The van der Waals surface area contributed by atoms with Crippen LogP contribution >= 0.6 is 15.9 Å². The molecule has 0 bridgehead atoms. The van der Waals surface area contributed by atoms with Crippen LogP contribution in [0.25, 0.3) is 0 Å². The van der Waals surface area contributed by atoms with Gasteiger partial charge in [0.1, 0.15) is 5.82 Å². The first-order valence-electron chi connectivity index (χ1n) is 3.72. The first-order chi connectivity index (χ1) is 6.27. The molecule has 1 aromatic carbocycles. The first kappa shape index (κ1) is 10.2. The molecule has 0 aromatic heterocycles. The van der Waals surface area contributed by atoms with E-state index in [1.807, 2.05) is 0 Å². The molecule has 0 aliphatic heterocycles. The van der Waals surface area contributed by atoms with Gasteiger partial charge in [-0.1, -0.05) is 27.8 Å². The Labute approximate surface area is 84.7 Å². The molecular weight excluding hydrogens is 235 g/mol. The van der Waals surface area contributed by atoms with E-state index < -0.39 is 5.82 Å². The maximum atomic E-state index is 12.9. The van der Waals surface area contributed by atoms with Gasteiger partial charge in [-0.15, -0.1) is 0 Å². The van der Waals surface area contributed by atoms with Crippen LogP contribution in [0.15, 0.2) is 18.2 Å². The molecule has 0 unspecified atom stereocenters. The Hall–Kier alpha value is -0.850. The van der Waals surface area contributed by atoms with Crippen molar-refractivity contribution in [2.75, 3.05) is 5.33 Å². The third kappa shape index (κ3) is 2.83. The molecule has 0 heterocycles. The fourth-order valence-electron chi connectivity index (χ4n) is 0.909.